The average molecular weight is 240 g/mol. The highest BCUT2D eigenvalue weighted by Crippen LogP contribution is 2.62. The summed E-state index contributed by atoms with van der Waals surface area (Å²) in [4.78, 5) is 12.0. The maximum Gasteiger partial charge on any atom is 0.161 e. The van der Waals surface area contributed by atoms with Crippen LogP contribution in [-0.4, -0.2) is 11.4 Å². The first kappa shape index (κ1) is 11.4. The fourth-order valence-electron chi connectivity index (χ4n) is 2.85. The predicted molar refractivity (Wildman–Crippen MR) is 70.1 cm³/mol. The van der Waals surface area contributed by atoms with E-state index in [0.717, 1.165) is 11.1 Å². The number of benzene rings is 1. The fraction of sp³-hybridized carbons (Fsp3) is 0.312. The molecule has 18 heavy (non-hydrogen) atoms. The average Bonchev–Trinajstić information content (AvgIpc) is 3.06. The molecule has 2 aliphatic rings. The van der Waals surface area contributed by atoms with E-state index in [-0.39, 0.29) is 5.78 Å². The van der Waals surface area contributed by atoms with E-state index in [1.165, 1.54) is 0 Å². The highest BCUT2D eigenvalue weighted by atomic mass is 16.6. The number of hydrogen-bond donors (Lipinski definition) is 0. The summed E-state index contributed by atoms with van der Waals surface area (Å²) in [6.07, 6.45) is 6.39. The summed E-state index contributed by atoms with van der Waals surface area (Å²) in [6, 6.07) is 10.1. The van der Waals surface area contributed by atoms with Crippen LogP contribution in [0, 0.1) is 0 Å². The highest BCUT2D eigenvalue weighted by Gasteiger charge is 2.69. The summed E-state index contributed by atoms with van der Waals surface area (Å²) in [6.45, 7) is 3.89. The van der Waals surface area contributed by atoms with Crippen LogP contribution in [0.5, 0.6) is 0 Å². The molecular formula is C16H16O2. The number of ketones is 1. The Morgan fingerprint density at radius 1 is 1.28 bits per heavy atom. The molecule has 92 valence electrons. The van der Waals surface area contributed by atoms with Gasteiger partial charge in [0.05, 0.1) is 0 Å². The molecule has 0 N–H and O–H groups in total. The summed E-state index contributed by atoms with van der Waals surface area (Å²) in [5.74, 6) is 0.166. The van der Waals surface area contributed by atoms with Crippen molar-refractivity contribution in [2.75, 3.05) is 0 Å². The Hall–Kier alpha value is -1.67. The Balaban J connectivity index is 2.04. The van der Waals surface area contributed by atoms with Gasteiger partial charge >= 0.3 is 0 Å². The molecule has 1 heterocycles. The van der Waals surface area contributed by atoms with Crippen LogP contribution < -0.4 is 0 Å². The SMILES string of the molecule is CCC(=O)C1=CC=CC2(c3ccccc3)OC12C. The van der Waals surface area contributed by atoms with Gasteiger partial charge in [0.15, 0.2) is 5.78 Å². The Kier molecular flexibility index (Phi) is 2.32. The number of hydrogen-bond acceptors (Lipinski definition) is 2. The van der Waals surface area contributed by atoms with Crippen LogP contribution in [0.1, 0.15) is 25.8 Å². The van der Waals surface area contributed by atoms with Gasteiger partial charge in [-0.05, 0) is 18.6 Å². The fourth-order valence-corrected chi connectivity index (χ4v) is 2.85. The van der Waals surface area contributed by atoms with Crippen LogP contribution in [0.4, 0.5) is 0 Å². The van der Waals surface area contributed by atoms with Crippen LogP contribution in [0.2, 0.25) is 0 Å². The first-order chi connectivity index (χ1) is 8.64. The predicted octanol–water partition coefficient (Wildman–Crippen LogP) is 3.15. The Labute approximate surface area is 107 Å². The summed E-state index contributed by atoms with van der Waals surface area (Å²) in [7, 11) is 0. The molecule has 3 rings (SSSR count). The van der Waals surface area contributed by atoms with Crippen molar-refractivity contribution in [1.29, 1.82) is 0 Å². The molecule has 1 saturated heterocycles. The lowest BCUT2D eigenvalue weighted by Gasteiger charge is -2.19. The second-order valence-electron chi connectivity index (χ2n) is 4.95. The lowest BCUT2D eigenvalue weighted by molar-refractivity contribution is -0.115. The van der Waals surface area contributed by atoms with Crippen LogP contribution in [0.15, 0.2) is 54.1 Å². The summed E-state index contributed by atoms with van der Waals surface area (Å²) >= 11 is 0. The van der Waals surface area contributed by atoms with E-state index >= 15 is 0 Å². The number of rotatable bonds is 3. The number of Topliss-reactive ketones (excluding diaryl/α,β-unsaturated/α-hetero) is 1. The molecule has 1 aromatic carbocycles. The topological polar surface area (TPSA) is 29.6 Å². The highest BCUT2D eigenvalue weighted by molar-refractivity contribution is 5.99. The van der Waals surface area contributed by atoms with Crippen LogP contribution in [0.25, 0.3) is 0 Å². The molecule has 1 aliphatic carbocycles. The maximum absolute atomic E-state index is 12.0. The number of fused-ring (bicyclic) bond motifs is 1. The van der Waals surface area contributed by atoms with Crippen LogP contribution in [0.3, 0.4) is 0 Å². The lowest BCUT2D eigenvalue weighted by atomic mass is 9.77. The van der Waals surface area contributed by atoms with Gasteiger partial charge in [-0.3, -0.25) is 4.79 Å². The molecule has 0 radical (unpaired) electrons. The standard InChI is InChI=1S/C16H16O2/c1-3-14(17)13-10-7-11-16(15(13,2)18-16)12-8-5-4-6-9-12/h4-11H,3H2,1-2H3. The zero-order valence-corrected chi connectivity index (χ0v) is 10.6. The first-order valence-electron chi connectivity index (χ1n) is 6.33. The molecule has 1 aliphatic heterocycles. The molecular weight excluding hydrogens is 224 g/mol. The molecule has 0 saturated carbocycles. The summed E-state index contributed by atoms with van der Waals surface area (Å²) in [5, 5.41) is 0. The van der Waals surface area contributed by atoms with Gasteiger partial charge < -0.3 is 4.74 Å². The number of carbonyl (C=O) groups is 1. The van der Waals surface area contributed by atoms with E-state index in [2.05, 4.69) is 18.2 Å². The number of allylic oxidation sites excluding steroid dienone is 2. The minimum Gasteiger partial charge on any atom is -0.348 e. The Bertz CT molecular complexity index is 556. The first-order valence-corrected chi connectivity index (χ1v) is 6.33. The summed E-state index contributed by atoms with van der Waals surface area (Å²) in [5.41, 5.74) is 0.967. The van der Waals surface area contributed by atoms with E-state index in [1.54, 1.807) is 0 Å². The van der Waals surface area contributed by atoms with Gasteiger partial charge in [-0.2, -0.15) is 0 Å². The van der Waals surface area contributed by atoms with Crippen molar-refractivity contribution in [3.63, 3.8) is 0 Å². The molecule has 0 aromatic heterocycles. The van der Waals surface area contributed by atoms with Gasteiger partial charge in [0.25, 0.3) is 0 Å². The molecule has 0 amide bonds. The molecule has 2 unspecified atom stereocenters. The Morgan fingerprint density at radius 2 is 2.00 bits per heavy atom. The van der Waals surface area contributed by atoms with Crippen LogP contribution >= 0.6 is 0 Å². The smallest absolute Gasteiger partial charge is 0.161 e. The zero-order valence-electron chi connectivity index (χ0n) is 10.6. The van der Waals surface area contributed by atoms with Crippen molar-refractivity contribution in [2.24, 2.45) is 0 Å². The quantitative estimate of drug-likeness (QED) is 0.760. The minimum absolute atomic E-state index is 0.166. The molecule has 1 fully saturated rings. The largest absolute Gasteiger partial charge is 0.348 e. The molecule has 2 nitrogen and oxygen atoms in total. The third-order valence-electron chi connectivity index (χ3n) is 3.96. The van der Waals surface area contributed by atoms with E-state index in [1.807, 2.05) is 44.2 Å². The van der Waals surface area contributed by atoms with E-state index in [0.29, 0.717) is 6.42 Å². The Morgan fingerprint density at radius 3 is 2.67 bits per heavy atom. The second-order valence-corrected chi connectivity index (χ2v) is 4.95. The molecule has 2 atom stereocenters. The van der Waals surface area contributed by atoms with E-state index in [9.17, 15) is 4.79 Å². The maximum atomic E-state index is 12.0. The number of epoxide rings is 1. The zero-order chi connectivity index (χ0) is 12.8. The molecule has 2 heteroatoms. The normalized spacial score (nSPS) is 32.7. The minimum atomic E-state index is -0.490. The van der Waals surface area contributed by atoms with E-state index < -0.39 is 11.2 Å². The van der Waals surface area contributed by atoms with Crippen molar-refractivity contribution in [3.8, 4) is 0 Å². The van der Waals surface area contributed by atoms with Gasteiger partial charge in [0.1, 0.15) is 11.2 Å². The van der Waals surface area contributed by atoms with Gasteiger partial charge in [-0.1, -0.05) is 49.4 Å². The molecule has 0 bridgehead atoms. The van der Waals surface area contributed by atoms with Crippen molar-refractivity contribution >= 4 is 5.78 Å². The third kappa shape index (κ3) is 1.30. The van der Waals surface area contributed by atoms with Gasteiger partial charge in [0, 0.05) is 12.0 Å². The van der Waals surface area contributed by atoms with E-state index in [4.69, 9.17) is 4.74 Å². The van der Waals surface area contributed by atoms with Gasteiger partial charge in [-0.25, -0.2) is 0 Å². The van der Waals surface area contributed by atoms with Crippen molar-refractivity contribution < 1.29 is 9.53 Å². The summed E-state index contributed by atoms with van der Waals surface area (Å²) < 4.78 is 6.00. The van der Waals surface area contributed by atoms with Crippen molar-refractivity contribution in [2.45, 2.75) is 31.5 Å². The van der Waals surface area contributed by atoms with Crippen LogP contribution in [-0.2, 0) is 15.1 Å². The number of ether oxygens (including phenoxy) is 1. The lowest BCUT2D eigenvalue weighted by Crippen LogP contribution is -2.27. The third-order valence-corrected chi connectivity index (χ3v) is 3.96. The van der Waals surface area contributed by atoms with Gasteiger partial charge in [-0.15, -0.1) is 0 Å². The van der Waals surface area contributed by atoms with Crippen molar-refractivity contribution in [1.82, 2.24) is 0 Å². The van der Waals surface area contributed by atoms with Crippen molar-refractivity contribution in [3.05, 3.63) is 59.7 Å². The molecule has 1 aromatic rings. The molecule has 0 spiro atoms. The number of carbonyl (C=O) groups excluding carboxylic acids is 1. The second kappa shape index (κ2) is 3.66. The van der Waals surface area contributed by atoms with Gasteiger partial charge in [0.2, 0.25) is 0 Å². The monoisotopic (exact) mass is 240 g/mol.